The molecule has 4 heterocycles. The number of hydrogen-bond donors (Lipinski definition) is 2. The summed E-state index contributed by atoms with van der Waals surface area (Å²) in [5, 5.41) is 7.01. The van der Waals surface area contributed by atoms with Gasteiger partial charge in [0, 0.05) is 45.4 Å². The molecule has 0 spiro atoms. The maximum absolute atomic E-state index is 5.64. The van der Waals surface area contributed by atoms with Gasteiger partial charge in [0.1, 0.15) is 11.6 Å². The highest BCUT2D eigenvalue weighted by Crippen LogP contribution is 2.26. The Balaban J connectivity index is 1.45. The maximum Gasteiger partial charge on any atom is 0.232 e. The van der Waals surface area contributed by atoms with E-state index in [4.69, 9.17) is 26.9 Å². The Hall–Kier alpha value is -1.67. The first-order valence-corrected chi connectivity index (χ1v) is 10.7. The van der Waals surface area contributed by atoms with Crippen molar-refractivity contribution in [2.45, 2.75) is 51.0 Å². The molecule has 3 saturated heterocycles. The number of thiocarbonyl (C=S) groups is 1. The molecule has 148 valence electrons. The van der Waals surface area contributed by atoms with Crippen LogP contribution >= 0.6 is 12.2 Å². The van der Waals surface area contributed by atoms with Crippen LogP contribution in [0.3, 0.4) is 0 Å². The summed E-state index contributed by atoms with van der Waals surface area (Å²) in [6.07, 6.45) is 8.71. The summed E-state index contributed by atoms with van der Waals surface area (Å²) < 4.78 is 5.64. The van der Waals surface area contributed by atoms with Crippen LogP contribution in [0.5, 0.6) is 0 Å². The molecule has 3 aliphatic heterocycles. The maximum atomic E-state index is 5.64. The van der Waals surface area contributed by atoms with E-state index in [1.54, 1.807) is 0 Å². The lowest BCUT2D eigenvalue weighted by Gasteiger charge is -2.29. The minimum Gasteiger partial charge on any atom is -0.376 e. The second-order valence-corrected chi connectivity index (χ2v) is 8.03. The molecule has 2 N–H and O–H groups in total. The molecule has 1 unspecified atom stereocenters. The van der Waals surface area contributed by atoms with Gasteiger partial charge >= 0.3 is 0 Å². The van der Waals surface area contributed by atoms with Gasteiger partial charge in [-0.05, 0) is 57.2 Å². The molecule has 8 heteroatoms. The first-order valence-electron chi connectivity index (χ1n) is 10.3. The van der Waals surface area contributed by atoms with Crippen molar-refractivity contribution in [2.24, 2.45) is 0 Å². The van der Waals surface area contributed by atoms with E-state index < -0.39 is 0 Å². The zero-order valence-electron chi connectivity index (χ0n) is 16.0. The second-order valence-electron chi connectivity index (χ2n) is 7.62. The first-order chi connectivity index (χ1) is 13.3. The lowest BCUT2D eigenvalue weighted by molar-refractivity contribution is 0.114. The molecule has 0 radical (unpaired) electrons. The van der Waals surface area contributed by atoms with Crippen LogP contribution < -0.4 is 20.4 Å². The van der Waals surface area contributed by atoms with Crippen LogP contribution in [0.1, 0.15) is 44.9 Å². The molecule has 3 aliphatic rings. The van der Waals surface area contributed by atoms with Crippen LogP contribution in [0.15, 0.2) is 6.07 Å². The van der Waals surface area contributed by atoms with Gasteiger partial charge in [0.05, 0.1) is 6.10 Å². The highest BCUT2D eigenvalue weighted by atomic mass is 32.1. The number of piperidine rings is 1. The fourth-order valence-electron chi connectivity index (χ4n) is 4.03. The van der Waals surface area contributed by atoms with Crippen LogP contribution in [0.25, 0.3) is 0 Å². The Kier molecular flexibility index (Phi) is 6.24. The molecule has 0 saturated carbocycles. The van der Waals surface area contributed by atoms with Gasteiger partial charge in [-0.2, -0.15) is 9.97 Å². The summed E-state index contributed by atoms with van der Waals surface area (Å²) in [5.41, 5.74) is 0. The van der Waals surface area contributed by atoms with Crippen LogP contribution in [-0.2, 0) is 4.74 Å². The molecule has 0 aliphatic carbocycles. The van der Waals surface area contributed by atoms with Crippen molar-refractivity contribution in [1.82, 2.24) is 15.3 Å². The van der Waals surface area contributed by atoms with E-state index in [9.17, 15) is 0 Å². The van der Waals surface area contributed by atoms with E-state index in [-0.39, 0.29) is 6.10 Å². The minimum absolute atomic E-state index is 0.255. The average Bonchev–Trinajstić information content (AvgIpc) is 3.41. The van der Waals surface area contributed by atoms with Crippen LogP contribution in [0.2, 0.25) is 0 Å². The molecule has 27 heavy (non-hydrogen) atoms. The fourth-order valence-corrected chi connectivity index (χ4v) is 4.20. The molecular weight excluding hydrogens is 360 g/mol. The molecule has 1 aromatic rings. The second kappa shape index (κ2) is 9.01. The van der Waals surface area contributed by atoms with Gasteiger partial charge in [-0.3, -0.25) is 0 Å². The molecule has 1 aromatic heterocycles. The Morgan fingerprint density at radius 2 is 1.63 bits per heavy atom. The van der Waals surface area contributed by atoms with Gasteiger partial charge in [-0.1, -0.05) is 0 Å². The van der Waals surface area contributed by atoms with Gasteiger partial charge in [-0.15, -0.1) is 0 Å². The highest BCUT2D eigenvalue weighted by Gasteiger charge is 2.20. The fraction of sp³-hybridized carbons (Fsp3) is 0.737. The van der Waals surface area contributed by atoms with Crippen molar-refractivity contribution >= 4 is 34.9 Å². The first kappa shape index (κ1) is 18.7. The zero-order chi connectivity index (χ0) is 18.5. The van der Waals surface area contributed by atoms with Crippen molar-refractivity contribution in [3.05, 3.63) is 6.07 Å². The van der Waals surface area contributed by atoms with Crippen LogP contribution in [0, 0.1) is 0 Å². The molecule has 0 bridgehead atoms. The molecule has 0 amide bonds. The summed E-state index contributed by atoms with van der Waals surface area (Å²) in [6, 6.07) is 2.14. The summed E-state index contributed by atoms with van der Waals surface area (Å²) in [5.74, 6) is 2.60. The number of aromatic nitrogens is 2. The number of nitrogens with one attached hydrogen (secondary N) is 2. The highest BCUT2D eigenvalue weighted by molar-refractivity contribution is 7.80. The molecule has 1 atom stereocenters. The predicted molar refractivity (Wildman–Crippen MR) is 113 cm³/mol. The third-order valence-corrected chi connectivity index (χ3v) is 5.80. The van der Waals surface area contributed by atoms with E-state index in [1.807, 2.05) is 0 Å². The number of anilines is 3. The van der Waals surface area contributed by atoms with Crippen molar-refractivity contribution in [3.8, 4) is 0 Å². The number of ether oxygens (including phenoxy) is 1. The largest absolute Gasteiger partial charge is 0.376 e. The smallest absolute Gasteiger partial charge is 0.232 e. The summed E-state index contributed by atoms with van der Waals surface area (Å²) in [4.78, 5) is 14.2. The minimum atomic E-state index is 0.255. The molecule has 4 rings (SSSR count). The van der Waals surface area contributed by atoms with E-state index in [1.165, 1.54) is 32.1 Å². The quantitative estimate of drug-likeness (QED) is 0.744. The van der Waals surface area contributed by atoms with Crippen molar-refractivity contribution in [2.75, 3.05) is 54.4 Å². The third-order valence-electron chi connectivity index (χ3n) is 5.55. The number of rotatable bonds is 5. The predicted octanol–water partition coefficient (Wildman–Crippen LogP) is 2.53. The normalized spacial score (nSPS) is 22.9. The Morgan fingerprint density at radius 3 is 2.22 bits per heavy atom. The van der Waals surface area contributed by atoms with E-state index in [2.05, 4.69) is 26.5 Å². The van der Waals surface area contributed by atoms with E-state index in [0.29, 0.717) is 11.1 Å². The Labute approximate surface area is 166 Å². The summed E-state index contributed by atoms with van der Waals surface area (Å²) in [7, 11) is 0. The lowest BCUT2D eigenvalue weighted by atomic mass is 10.1. The molecule has 3 fully saturated rings. The van der Waals surface area contributed by atoms with Crippen molar-refractivity contribution in [1.29, 1.82) is 0 Å². The van der Waals surface area contributed by atoms with Gasteiger partial charge < -0.3 is 25.2 Å². The van der Waals surface area contributed by atoms with Crippen molar-refractivity contribution in [3.63, 3.8) is 0 Å². The van der Waals surface area contributed by atoms with Crippen LogP contribution in [-0.4, -0.2) is 60.5 Å². The van der Waals surface area contributed by atoms with E-state index >= 15 is 0 Å². The van der Waals surface area contributed by atoms with Crippen molar-refractivity contribution < 1.29 is 4.74 Å². The number of hydrogen-bond acceptors (Lipinski definition) is 6. The summed E-state index contributed by atoms with van der Waals surface area (Å²) >= 11 is 5.46. The van der Waals surface area contributed by atoms with Gasteiger partial charge in [0.2, 0.25) is 5.95 Å². The molecule has 7 nitrogen and oxygen atoms in total. The van der Waals surface area contributed by atoms with Gasteiger partial charge in [0.15, 0.2) is 5.11 Å². The third kappa shape index (κ3) is 4.99. The standard InChI is InChI=1S/C19H30N6OS/c27-19(20-14-15-7-6-12-26-15)23-18-21-16(24-8-2-1-3-9-24)13-17(22-18)25-10-4-5-11-25/h13,15H,1-12,14H2,(H2,20,21,22,23,27). The lowest BCUT2D eigenvalue weighted by Crippen LogP contribution is -2.36. The topological polar surface area (TPSA) is 65.6 Å². The zero-order valence-corrected chi connectivity index (χ0v) is 16.8. The van der Waals surface area contributed by atoms with Gasteiger partial charge in [-0.25, -0.2) is 0 Å². The summed E-state index contributed by atoms with van der Waals surface area (Å²) in [6.45, 7) is 5.85. The average molecular weight is 391 g/mol. The Morgan fingerprint density at radius 1 is 1.00 bits per heavy atom. The molecular formula is C19H30N6OS. The van der Waals surface area contributed by atoms with E-state index in [0.717, 1.165) is 63.8 Å². The van der Waals surface area contributed by atoms with Gasteiger partial charge in [0.25, 0.3) is 0 Å². The Bertz CT molecular complexity index is 639. The number of nitrogens with zero attached hydrogens (tertiary/aromatic N) is 4. The van der Waals surface area contributed by atoms with Crippen LogP contribution in [0.4, 0.5) is 17.6 Å². The monoisotopic (exact) mass is 390 g/mol. The SMILES string of the molecule is S=C(NCC1CCCO1)Nc1nc(N2CCCCC2)cc(N2CCCC2)n1. The molecule has 0 aromatic carbocycles.